The fraction of sp³-hybridized carbons (Fsp3) is 0.440. The number of hydrogen-bond donors (Lipinski definition) is 1. The monoisotopic (exact) mass is 380 g/mol. The van der Waals surface area contributed by atoms with E-state index in [1.54, 1.807) is 12.4 Å². The van der Waals surface area contributed by atoms with Gasteiger partial charge >= 0.3 is 0 Å². The van der Waals surface area contributed by atoms with Crippen molar-refractivity contribution in [3.05, 3.63) is 78.7 Å². The summed E-state index contributed by atoms with van der Waals surface area (Å²) in [5.41, 5.74) is 6.42. The highest BCUT2D eigenvalue weighted by Crippen LogP contribution is 2.20. The highest BCUT2D eigenvalue weighted by molar-refractivity contribution is 5.81. The van der Waals surface area contributed by atoms with Gasteiger partial charge in [-0.15, -0.1) is 0 Å². The Morgan fingerprint density at radius 2 is 1.57 bits per heavy atom. The Bertz CT molecular complexity index is 629. The van der Waals surface area contributed by atoms with Crippen LogP contribution in [-0.2, 0) is 4.79 Å². The molecule has 1 rings (SSSR count). The van der Waals surface area contributed by atoms with Gasteiger partial charge in [-0.25, -0.2) is 0 Å². The van der Waals surface area contributed by atoms with Crippen molar-refractivity contribution in [3.63, 3.8) is 0 Å². The fourth-order valence-corrected chi connectivity index (χ4v) is 2.88. The molecule has 3 nitrogen and oxygen atoms in total. The first-order valence-electron chi connectivity index (χ1n) is 10.5. The zero-order valence-electron chi connectivity index (χ0n) is 17.3. The summed E-state index contributed by atoms with van der Waals surface area (Å²) in [7, 11) is 0. The zero-order chi connectivity index (χ0) is 20.3. The topological polar surface area (TPSA) is 56.0 Å². The van der Waals surface area contributed by atoms with Crippen molar-refractivity contribution < 1.29 is 4.79 Å². The first-order chi connectivity index (χ1) is 13.8. The van der Waals surface area contributed by atoms with E-state index in [1.165, 1.54) is 25.7 Å². The van der Waals surface area contributed by atoms with Crippen molar-refractivity contribution >= 4 is 5.91 Å². The molecule has 2 N–H and O–H groups in total. The number of primary amides is 1. The van der Waals surface area contributed by atoms with Crippen LogP contribution in [0.3, 0.4) is 0 Å². The Hall–Kier alpha value is -2.42. The molecule has 0 fully saturated rings. The number of aromatic nitrogens is 1. The number of pyridine rings is 1. The number of carbonyl (C=O) groups is 1. The molecule has 0 bridgehead atoms. The Labute approximate surface area is 171 Å². The number of hydrogen-bond acceptors (Lipinski definition) is 2. The minimum Gasteiger partial charge on any atom is -0.369 e. The predicted octanol–water partition coefficient (Wildman–Crippen LogP) is 6.41. The molecule has 1 unspecified atom stereocenters. The van der Waals surface area contributed by atoms with Gasteiger partial charge in [-0.05, 0) is 56.6 Å². The van der Waals surface area contributed by atoms with Crippen molar-refractivity contribution in [3.8, 4) is 0 Å². The van der Waals surface area contributed by atoms with Gasteiger partial charge in [0.05, 0.1) is 5.92 Å². The Morgan fingerprint density at radius 1 is 0.964 bits per heavy atom. The lowest BCUT2D eigenvalue weighted by atomic mass is 9.95. The lowest BCUT2D eigenvalue weighted by Gasteiger charge is -2.11. The molecule has 0 aliphatic heterocycles. The minimum absolute atomic E-state index is 0.264. The molecule has 0 aliphatic rings. The van der Waals surface area contributed by atoms with Gasteiger partial charge in [0, 0.05) is 12.4 Å². The summed E-state index contributed by atoms with van der Waals surface area (Å²) in [5.74, 6) is -0.552. The predicted molar refractivity (Wildman–Crippen MR) is 120 cm³/mol. The highest BCUT2D eigenvalue weighted by atomic mass is 16.1. The smallest absolute Gasteiger partial charge is 0.225 e. The van der Waals surface area contributed by atoms with Crippen LogP contribution in [0.4, 0.5) is 0 Å². The molecular weight excluding hydrogens is 344 g/mol. The molecule has 1 heterocycles. The average molecular weight is 381 g/mol. The Balaban J connectivity index is 2.12. The lowest BCUT2D eigenvalue weighted by Crippen LogP contribution is -2.21. The van der Waals surface area contributed by atoms with Gasteiger partial charge in [0.15, 0.2) is 0 Å². The number of amides is 1. The molecule has 1 atom stereocenters. The summed E-state index contributed by atoms with van der Waals surface area (Å²) in [6, 6.07) is 3.74. The van der Waals surface area contributed by atoms with Gasteiger partial charge in [-0.2, -0.15) is 0 Å². The van der Waals surface area contributed by atoms with E-state index in [0.29, 0.717) is 0 Å². The summed E-state index contributed by atoms with van der Waals surface area (Å²) < 4.78 is 0. The standard InChI is InChI=1S/C25H36N2O/c1-2-3-4-5-6-7-8-9-10-11-12-13-14-15-16-17-20-24(25(26)28)23-19-18-21-27-22-23/h6-7,9-10,12-13,15-16,18-19,21-22,24H,2-5,8,11,14,17,20H2,1H3,(H2,26,28). The van der Waals surface area contributed by atoms with Gasteiger partial charge in [0.2, 0.25) is 5.91 Å². The van der Waals surface area contributed by atoms with Crippen LogP contribution >= 0.6 is 0 Å². The summed E-state index contributed by atoms with van der Waals surface area (Å²) in [4.78, 5) is 15.7. The van der Waals surface area contributed by atoms with Gasteiger partial charge in [-0.1, -0.05) is 74.4 Å². The molecule has 0 aromatic carbocycles. The molecule has 0 aliphatic carbocycles. The highest BCUT2D eigenvalue weighted by Gasteiger charge is 2.16. The normalized spacial score (nSPS) is 13.3. The molecular formula is C25H36N2O. The third-order valence-electron chi connectivity index (χ3n) is 4.51. The van der Waals surface area contributed by atoms with Crippen LogP contribution in [0.1, 0.15) is 76.2 Å². The number of carbonyl (C=O) groups excluding carboxylic acids is 1. The SMILES string of the molecule is CCCCCC=CCC=CCC=CCC=CCCC(C(N)=O)c1cccnc1. The summed E-state index contributed by atoms with van der Waals surface area (Å²) >= 11 is 0. The largest absolute Gasteiger partial charge is 0.369 e. The van der Waals surface area contributed by atoms with Gasteiger partial charge in [0.1, 0.15) is 0 Å². The van der Waals surface area contributed by atoms with E-state index < -0.39 is 0 Å². The van der Waals surface area contributed by atoms with Crippen LogP contribution in [0.2, 0.25) is 0 Å². The Kier molecular flexibility index (Phi) is 14.1. The molecule has 0 radical (unpaired) electrons. The molecule has 0 saturated carbocycles. The van der Waals surface area contributed by atoms with Gasteiger partial charge in [-0.3, -0.25) is 9.78 Å². The second-order valence-electron chi connectivity index (χ2n) is 6.91. The second kappa shape index (κ2) is 16.7. The zero-order valence-corrected chi connectivity index (χ0v) is 17.3. The van der Waals surface area contributed by atoms with Crippen LogP contribution < -0.4 is 5.73 Å². The molecule has 1 aromatic rings. The minimum atomic E-state index is -0.288. The number of nitrogens with zero attached hydrogens (tertiary/aromatic N) is 1. The van der Waals surface area contributed by atoms with Crippen molar-refractivity contribution in [1.82, 2.24) is 4.98 Å². The lowest BCUT2D eigenvalue weighted by molar-refractivity contribution is -0.119. The summed E-state index contributed by atoms with van der Waals surface area (Å²) in [5, 5.41) is 0. The van der Waals surface area contributed by atoms with Crippen molar-refractivity contribution in [2.45, 2.75) is 70.6 Å². The van der Waals surface area contributed by atoms with E-state index in [-0.39, 0.29) is 11.8 Å². The van der Waals surface area contributed by atoms with E-state index in [4.69, 9.17) is 5.73 Å². The summed E-state index contributed by atoms with van der Waals surface area (Å²) in [6.45, 7) is 2.24. The fourth-order valence-electron chi connectivity index (χ4n) is 2.88. The molecule has 28 heavy (non-hydrogen) atoms. The number of unbranched alkanes of at least 4 members (excludes halogenated alkanes) is 3. The molecule has 1 amide bonds. The number of allylic oxidation sites excluding steroid dienone is 8. The third-order valence-corrected chi connectivity index (χ3v) is 4.51. The van der Waals surface area contributed by atoms with Crippen molar-refractivity contribution in [1.29, 1.82) is 0 Å². The van der Waals surface area contributed by atoms with Gasteiger partial charge in [0.25, 0.3) is 0 Å². The van der Waals surface area contributed by atoms with Crippen LogP contribution in [0.15, 0.2) is 73.1 Å². The van der Waals surface area contributed by atoms with E-state index in [0.717, 1.165) is 37.7 Å². The van der Waals surface area contributed by atoms with E-state index in [1.807, 2.05) is 12.1 Å². The maximum absolute atomic E-state index is 11.6. The van der Waals surface area contributed by atoms with Crippen molar-refractivity contribution in [2.75, 3.05) is 0 Å². The molecule has 1 aromatic heterocycles. The van der Waals surface area contributed by atoms with Crippen molar-refractivity contribution in [2.24, 2.45) is 5.73 Å². The maximum Gasteiger partial charge on any atom is 0.225 e. The van der Waals surface area contributed by atoms with Crippen LogP contribution in [0.25, 0.3) is 0 Å². The van der Waals surface area contributed by atoms with Crippen LogP contribution in [0, 0.1) is 0 Å². The maximum atomic E-state index is 11.6. The van der Waals surface area contributed by atoms with E-state index >= 15 is 0 Å². The number of nitrogens with two attached hydrogens (primary N) is 1. The van der Waals surface area contributed by atoms with E-state index in [2.05, 4.69) is 60.5 Å². The molecule has 152 valence electrons. The first-order valence-corrected chi connectivity index (χ1v) is 10.5. The quantitative estimate of drug-likeness (QED) is 0.282. The molecule has 0 spiro atoms. The van der Waals surface area contributed by atoms with Gasteiger partial charge < -0.3 is 5.73 Å². The summed E-state index contributed by atoms with van der Waals surface area (Å²) in [6.07, 6.45) is 30.6. The Morgan fingerprint density at radius 3 is 2.11 bits per heavy atom. The third kappa shape index (κ3) is 12.1. The van der Waals surface area contributed by atoms with E-state index in [9.17, 15) is 4.79 Å². The van der Waals surface area contributed by atoms with Crippen LogP contribution in [0.5, 0.6) is 0 Å². The second-order valence-corrected chi connectivity index (χ2v) is 6.91. The average Bonchev–Trinajstić information content (AvgIpc) is 2.70. The van der Waals surface area contributed by atoms with Crippen LogP contribution in [-0.4, -0.2) is 10.9 Å². The first kappa shape index (κ1) is 23.6. The molecule has 3 heteroatoms. The number of rotatable bonds is 15. The molecule has 0 saturated heterocycles.